The van der Waals surface area contributed by atoms with Crippen molar-refractivity contribution in [2.24, 2.45) is 11.8 Å². The molecule has 0 amide bonds. The highest BCUT2D eigenvalue weighted by Gasteiger charge is 2.23. The molecule has 0 aromatic heterocycles. The molecule has 1 aliphatic carbocycles. The third-order valence-corrected chi connectivity index (χ3v) is 3.61. The molecule has 1 N–H and O–H groups in total. The molecule has 1 heteroatoms. The van der Waals surface area contributed by atoms with Crippen molar-refractivity contribution in [3.63, 3.8) is 0 Å². The van der Waals surface area contributed by atoms with E-state index in [0.717, 1.165) is 24.4 Å². The summed E-state index contributed by atoms with van der Waals surface area (Å²) >= 11 is 0. The lowest BCUT2D eigenvalue weighted by Gasteiger charge is -2.32. The summed E-state index contributed by atoms with van der Waals surface area (Å²) in [5.41, 5.74) is 0. The van der Waals surface area contributed by atoms with Crippen molar-refractivity contribution in [1.29, 1.82) is 0 Å². The predicted octanol–water partition coefficient (Wildman–Crippen LogP) is 3.20. The Bertz CT molecular complexity index is 129. The zero-order valence-electron chi connectivity index (χ0n) is 9.47. The molecule has 2 atom stereocenters. The second-order valence-electron chi connectivity index (χ2n) is 4.58. The van der Waals surface area contributed by atoms with Crippen LogP contribution < -0.4 is 5.32 Å². The van der Waals surface area contributed by atoms with Crippen molar-refractivity contribution in [3.05, 3.63) is 0 Å². The van der Waals surface area contributed by atoms with Gasteiger partial charge in [-0.05, 0) is 24.8 Å². The van der Waals surface area contributed by atoms with E-state index in [1.807, 2.05) is 0 Å². The predicted molar refractivity (Wildman–Crippen MR) is 58.9 cm³/mol. The molecule has 13 heavy (non-hydrogen) atoms. The maximum absolute atomic E-state index is 3.63. The summed E-state index contributed by atoms with van der Waals surface area (Å²) in [6.07, 6.45) is 7.17. The molecule has 0 saturated heterocycles. The Labute approximate surface area is 83.3 Å². The highest BCUT2D eigenvalue weighted by Crippen LogP contribution is 2.32. The molecular weight excluding hydrogens is 158 g/mol. The van der Waals surface area contributed by atoms with Crippen molar-refractivity contribution in [1.82, 2.24) is 5.32 Å². The van der Waals surface area contributed by atoms with E-state index in [2.05, 4.69) is 26.1 Å². The van der Waals surface area contributed by atoms with Crippen molar-refractivity contribution in [2.45, 2.75) is 58.9 Å². The van der Waals surface area contributed by atoms with E-state index in [0.29, 0.717) is 0 Å². The first-order chi connectivity index (χ1) is 6.27. The molecular formula is C12H25N. The Morgan fingerprint density at radius 1 is 1.31 bits per heavy atom. The second kappa shape index (κ2) is 5.64. The van der Waals surface area contributed by atoms with E-state index in [1.165, 1.54) is 32.1 Å². The Morgan fingerprint density at radius 3 is 2.38 bits per heavy atom. The summed E-state index contributed by atoms with van der Waals surface area (Å²) in [4.78, 5) is 0. The molecule has 1 nitrogen and oxygen atoms in total. The van der Waals surface area contributed by atoms with Crippen molar-refractivity contribution in [3.8, 4) is 0 Å². The Morgan fingerprint density at radius 2 is 2.00 bits per heavy atom. The SMILES string of the molecule is CCNC(CC1CCC1)C(C)CC. The smallest absolute Gasteiger partial charge is 0.00951 e. The second-order valence-corrected chi connectivity index (χ2v) is 4.58. The lowest BCUT2D eigenvalue weighted by atomic mass is 9.78. The van der Waals surface area contributed by atoms with Gasteiger partial charge in [0.25, 0.3) is 0 Å². The van der Waals surface area contributed by atoms with Crippen LogP contribution in [-0.4, -0.2) is 12.6 Å². The lowest BCUT2D eigenvalue weighted by molar-refractivity contribution is 0.227. The van der Waals surface area contributed by atoms with Crippen LogP contribution in [0.5, 0.6) is 0 Å². The first kappa shape index (κ1) is 11.0. The van der Waals surface area contributed by atoms with Crippen LogP contribution in [0.2, 0.25) is 0 Å². The molecule has 78 valence electrons. The molecule has 0 bridgehead atoms. The molecule has 2 unspecified atom stereocenters. The summed E-state index contributed by atoms with van der Waals surface area (Å²) in [6.45, 7) is 8.03. The van der Waals surface area contributed by atoms with Crippen LogP contribution in [0.3, 0.4) is 0 Å². The van der Waals surface area contributed by atoms with E-state index in [1.54, 1.807) is 0 Å². The van der Waals surface area contributed by atoms with Crippen molar-refractivity contribution >= 4 is 0 Å². The van der Waals surface area contributed by atoms with Crippen LogP contribution in [0.25, 0.3) is 0 Å². The highest BCUT2D eigenvalue weighted by molar-refractivity contribution is 4.79. The topological polar surface area (TPSA) is 12.0 Å². The summed E-state index contributed by atoms with van der Waals surface area (Å²) in [7, 11) is 0. The number of hydrogen-bond acceptors (Lipinski definition) is 1. The minimum absolute atomic E-state index is 0.778. The normalized spacial score (nSPS) is 22.4. The van der Waals surface area contributed by atoms with Gasteiger partial charge in [-0.3, -0.25) is 0 Å². The summed E-state index contributed by atoms with van der Waals surface area (Å²) < 4.78 is 0. The van der Waals surface area contributed by atoms with Gasteiger partial charge in [0.1, 0.15) is 0 Å². The van der Waals surface area contributed by atoms with Crippen molar-refractivity contribution < 1.29 is 0 Å². The number of nitrogens with one attached hydrogen (secondary N) is 1. The molecule has 0 aromatic rings. The molecule has 1 fully saturated rings. The molecule has 1 saturated carbocycles. The molecule has 0 radical (unpaired) electrons. The average Bonchev–Trinajstić information content (AvgIpc) is 2.07. The van der Waals surface area contributed by atoms with Crippen molar-refractivity contribution in [2.75, 3.05) is 6.54 Å². The van der Waals surface area contributed by atoms with Gasteiger partial charge in [-0.1, -0.05) is 46.5 Å². The van der Waals surface area contributed by atoms with E-state index >= 15 is 0 Å². The maximum atomic E-state index is 3.63. The van der Waals surface area contributed by atoms with Crippen LogP contribution in [0.4, 0.5) is 0 Å². The minimum Gasteiger partial charge on any atom is -0.314 e. The van der Waals surface area contributed by atoms with Crippen LogP contribution in [0.15, 0.2) is 0 Å². The number of rotatable bonds is 6. The fraction of sp³-hybridized carbons (Fsp3) is 1.00. The molecule has 0 spiro atoms. The van der Waals surface area contributed by atoms with Crippen LogP contribution in [0.1, 0.15) is 52.9 Å². The summed E-state index contributed by atoms with van der Waals surface area (Å²) in [5.74, 6) is 1.89. The molecule has 1 aliphatic rings. The van der Waals surface area contributed by atoms with Crippen LogP contribution >= 0.6 is 0 Å². The third kappa shape index (κ3) is 3.30. The van der Waals surface area contributed by atoms with E-state index in [9.17, 15) is 0 Å². The molecule has 1 rings (SSSR count). The maximum Gasteiger partial charge on any atom is 0.00951 e. The van der Waals surface area contributed by atoms with Crippen LogP contribution in [0, 0.1) is 11.8 Å². The summed E-state index contributed by atoms with van der Waals surface area (Å²) in [5, 5.41) is 3.63. The molecule has 0 heterocycles. The highest BCUT2D eigenvalue weighted by atomic mass is 14.9. The fourth-order valence-electron chi connectivity index (χ4n) is 2.15. The van der Waals surface area contributed by atoms with E-state index in [-0.39, 0.29) is 0 Å². The first-order valence-corrected chi connectivity index (χ1v) is 6.01. The van der Waals surface area contributed by atoms with Crippen LogP contribution in [-0.2, 0) is 0 Å². The first-order valence-electron chi connectivity index (χ1n) is 6.01. The zero-order valence-corrected chi connectivity index (χ0v) is 9.47. The Hall–Kier alpha value is -0.0400. The van der Waals surface area contributed by atoms with Gasteiger partial charge in [-0.2, -0.15) is 0 Å². The van der Waals surface area contributed by atoms with Gasteiger partial charge < -0.3 is 5.32 Å². The van der Waals surface area contributed by atoms with Gasteiger partial charge in [-0.15, -0.1) is 0 Å². The van der Waals surface area contributed by atoms with Gasteiger partial charge >= 0.3 is 0 Å². The average molecular weight is 183 g/mol. The quantitative estimate of drug-likeness (QED) is 0.667. The molecule has 0 aliphatic heterocycles. The van der Waals surface area contributed by atoms with Gasteiger partial charge in [0.05, 0.1) is 0 Å². The van der Waals surface area contributed by atoms with E-state index < -0.39 is 0 Å². The molecule has 0 aromatic carbocycles. The van der Waals surface area contributed by atoms with Gasteiger partial charge in [0.15, 0.2) is 0 Å². The van der Waals surface area contributed by atoms with Gasteiger partial charge in [0.2, 0.25) is 0 Å². The minimum atomic E-state index is 0.778. The van der Waals surface area contributed by atoms with E-state index in [4.69, 9.17) is 0 Å². The lowest BCUT2D eigenvalue weighted by Crippen LogP contribution is -2.37. The van der Waals surface area contributed by atoms with Gasteiger partial charge in [0, 0.05) is 6.04 Å². The largest absolute Gasteiger partial charge is 0.314 e. The summed E-state index contributed by atoms with van der Waals surface area (Å²) in [6, 6.07) is 0.778. The zero-order chi connectivity index (χ0) is 9.68. The Kier molecular flexibility index (Phi) is 4.79. The third-order valence-electron chi connectivity index (χ3n) is 3.61. The number of hydrogen-bond donors (Lipinski definition) is 1. The standard InChI is InChI=1S/C12H25N/c1-4-10(3)12(13-5-2)9-11-7-6-8-11/h10-13H,4-9H2,1-3H3. The monoisotopic (exact) mass is 183 g/mol. The fourth-order valence-corrected chi connectivity index (χ4v) is 2.15. The Balaban J connectivity index is 2.27. The van der Waals surface area contributed by atoms with Gasteiger partial charge in [-0.25, -0.2) is 0 Å².